The highest BCUT2D eigenvalue weighted by Crippen LogP contribution is 2.52. The average Bonchev–Trinajstić information content (AvgIpc) is 1.50. The van der Waals surface area contributed by atoms with Gasteiger partial charge in [0.15, 0.2) is 0 Å². The summed E-state index contributed by atoms with van der Waals surface area (Å²) in [4.78, 5) is 62.4. The number of nitrogens with zero attached hydrogens (tertiary/aromatic N) is 6. The number of alkyl halides is 2. The first-order valence-electron chi connectivity index (χ1n) is 35.8. The molecule has 4 aliphatic carbocycles. The van der Waals surface area contributed by atoms with E-state index in [0.29, 0.717) is 134 Å². The van der Waals surface area contributed by atoms with E-state index in [-0.39, 0.29) is 34.2 Å². The van der Waals surface area contributed by atoms with Crippen LogP contribution in [0.4, 0.5) is 20.2 Å². The minimum atomic E-state index is -4.35. The summed E-state index contributed by atoms with van der Waals surface area (Å²) in [6.07, 6.45) is 13.6. The van der Waals surface area contributed by atoms with Crippen LogP contribution < -0.4 is 28.7 Å². The zero-order valence-corrected chi connectivity index (χ0v) is 61.4. The van der Waals surface area contributed by atoms with Crippen molar-refractivity contribution in [1.29, 1.82) is 0 Å². The van der Waals surface area contributed by atoms with Crippen molar-refractivity contribution >= 4 is 78.6 Å². The van der Waals surface area contributed by atoms with Gasteiger partial charge in [0.1, 0.15) is 11.5 Å². The molecule has 4 aromatic rings. The molecule has 0 aromatic heterocycles. The third-order valence-corrected chi connectivity index (χ3v) is 27.4. The fourth-order valence-electron chi connectivity index (χ4n) is 17.7. The number of hydrogen-bond acceptors (Lipinski definition) is 14. The van der Waals surface area contributed by atoms with Crippen LogP contribution in [0.1, 0.15) is 136 Å². The zero-order chi connectivity index (χ0) is 70.8. The van der Waals surface area contributed by atoms with E-state index in [2.05, 4.69) is 21.9 Å². The highest BCUT2D eigenvalue weighted by Gasteiger charge is 2.52. The van der Waals surface area contributed by atoms with E-state index in [0.717, 1.165) is 111 Å². The van der Waals surface area contributed by atoms with Gasteiger partial charge in [-0.2, -0.15) is 25.4 Å². The van der Waals surface area contributed by atoms with Crippen molar-refractivity contribution in [3.05, 3.63) is 116 Å². The minimum Gasteiger partial charge on any atom is -0.490 e. The summed E-state index contributed by atoms with van der Waals surface area (Å²) in [5, 5.41) is 1.40. The maximum Gasteiger partial charge on any atom is 0.303 e. The number of carbonyl (C=O) groups is 4. The number of halogens is 4. The molecule has 8 bridgehead atoms. The van der Waals surface area contributed by atoms with Crippen LogP contribution in [0.15, 0.2) is 72.8 Å². The molecule has 10 aliphatic rings. The monoisotopic (exact) mass is 1460 g/mol. The summed E-state index contributed by atoms with van der Waals surface area (Å²) >= 11 is 12.9. The van der Waals surface area contributed by atoms with Crippen LogP contribution in [-0.4, -0.2) is 179 Å². The first-order chi connectivity index (χ1) is 47.6. The minimum absolute atomic E-state index is 0.0951. The quantitative estimate of drug-likeness (QED) is 0.184. The summed E-state index contributed by atoms with van der Waals surface area (Å²) < 4.78 is 118. The van der Waals surface area contributed by atoms with Crippen molar-refractivity contribution in [2.24, 2.45) is 35.5 Å². The van der Waals surface area contributed by atoms with Crippen molar-refractivity contribution in [2.75, 3.05) is 118 Å². The van der Waals surface area contributed by atoms with Gasteiger partial charge >= 0.3 is 20.4 Å². The summed E-state index contributed by atoms with van der Waals surface area (Å²) in [7, 11) is -0.486. The maximum atomic E-state index is 17.6. The number of hydrogen-bond donors (Lipinski definition) is 2. The molecular weight excluding hydrogens is 1370 g/mol. The smallest absolute Gasteiger partial charge is 0.303 e. The number of ether oxygens (including phenoxy) is 4. The third kappa shape index (κ3) is 14.5. The van der Waals surface area contributed by atoms with Gasteiger partial charge in [0.25, 0.3) is 11.8 Å². The molecule has 4 amide bonds. The Morgan fingerprint density at radius 1 is 0.560 bits per heavy atom. The molecule has 2 saturated heterocycles. The second-order valence-electron chi connectivity index (χ2n) is 30.8. The average molecular weight is 1460 g/mol. The molecule has 4 fully saturated rings. The third-order valence-electron chi connectivity index (χ3n) is 24.2. The number of aryl methyl sites for hydroxylation is 2. The maximum absolute atomic E-state index is 17.6. The predicted molar refractivity (Wildman–Crippen MR) is 379 cm³/mol. The molecule has 0 unspecified atom stereocenters. The van der Waals surface area contributed by atoms with E-state index in [4.69, 9.17) is 42.1 Å². The molecule has 0 radical (unpaired) electrons. The first-order valence-corrected chi connectivity index (χ1v) is 39.4. The van der Waals surface area contributed by atoms with Gasteiger partial charge in [0, 0.05) is 127 Å². The predicted octanol–water partition coefficient (Wildman–Crippen LogP) is 9.95. The van der Waals surface area contributed by atoms with Crippen molar-refractivity contribution in [3.63, 3.8) is 0 Å². The van der Waals surface area contributed by atoms with Crippen LogP contribution in [0.3, 0.4) is 0 Å². The summed E-state index contributed by atoms with van der Waals surface area (Å²) in [5.41, 5.74) is -0.763. The van der Waals surface area contributed by atoms with Gasteiger partial charge in [-0.05, 0) is 209 Å². The Labute approximate surface area is 597 Å². The van der Waals surface area contributed by atoms with Crippen molar-refractivity contribution in [3.8, 4) is 11.5 Å². The number of anilines is 2. The molecule has 6 aliphatic heterocycles. The van der Waals surface area contributed by atoms with E-state index < -0.39 is 68.2 Å². The van der Waals surface area contributed by atoms with Gasteiger partial charge in [0.05, 0.1) is 49.6 Å². The number of amides is 4. The van der Waals surface area contributed by atoms with Gasteiger partial charge in [-0.3, -0.25) is 19.2 Å². The Morgan fingerprint density at radius 2 is 0.970 bits per heavy atom. The lowest BCUT2D eigenvalue weighted by Gasteiger charge is -2.48. The number of benzene rings is 4. The van der Waals surface area contributed by atoms with Crippen molar-refractivity contribution in [2.45, 2.75) is 150 Å². The Morgan fingerprint density at radius 3 is 1.35 bits per heavy atom. The van der Waals surface area contributed by atoms with Gasteiger partial charge in [-0.25, -0.2) is 18.2 Å². The van der Waals surface area contributed by atoms with E-state index >= 15 is 8.78 Å². The van der Waals surface area contributed by atoms with Crippen LogP contribution in [0.2, 0.25) is 10.0 Å². The largest absolute Gasteiger partial charge is 0.490 e. The molecule has 2 saturated carbocycles. The molecular formula is C74H96Cl2F2N8O12S2. The fourth-order valence-corrected chi connectivity index (χ4v) is 19.3. The Hall–Kier alpha value is -5.86. The molecule has 100 heavy (non-hydrogen) atoms. The molecule has 4 aromatic carbocycles. The lowest BCUT2D eigenvalue weighted by Crippen LogP contribution is -2.51. The lowest BCUT2D eigenvalue weighted by molar-refractivity contribution is -0.142. The van der Waals surface area contributed by atoms with Crippen LogP contribution in [0.25, 0.3) is 0 Å². The zero-order valence-electron chi connectivity index (χ0n) is 58.3. The van der Waals surface area contributed by atoms with Gasteiger partial charge in [-0.1, -0.05) is 47.5 Å². The fraction of sp³-hybridized carbons (Fsp3) is 0.622. The van der Waals surface area contributed by atoms with Gasteiger partial charge in [-0.15, -0.1) is 0 Å². The van der Waals surface area contributed by atoms with E-state index in [1.165, 1.54) is 72.4 Å². The summed E-state index contributed by atoms with van der Waals surface area (Å²) in [6, 6.07) is 21.6. The molecule has 14 rings (SSSR count). The SMILES string of the molecule is CN1CC[C@H]2CCO[C@@H](C2)[C@@H]2CC[C@H]2CN2C[C@@]3(CCCc4cc(Cl)ccc43)COc3ccc(cc32)[C@@](F)(C(=O)NS(=O)(=O)N(C)C)CC1=O.CN1CC[C@H]2CCO[C@@H](C2)[C@@H]2CC[C@H]2CN2C[C@@]3(CCCc4cc(Cl)ccc43)COc3ccc(cc32)[C@](F)(C(=O)NS(=O)(=O)N(C)C)CC1=O. The van der Waals surface area contributed by atoms with Crippen LogP contribution in [0.5, 0.6) is 11.5 Å². The van der Waals surface area contributed by atoms with Crippen LogP contribution in [-0.2, 0) is 84.1 Å². The number of carbonyl (C=O) groups excluding carboxylic acids is 4. The van der Waals surface area contributed by atoms with Crippen molar-refractivity contribution < 1.29 is 63.7 Å². The highest BCUT2D eigenvalue weighted by atomic mass is 35.5. The first kappa shape index (κ1) is 72.5. The Balaban J connectivity index is 0.000000179. The summed E-state index contributed by atoms with van der Waals surface area (Å²) in [5.74, 6) is -0.671. The van der Waals surface area contributed by atoms with Crippen molar-refractivity contribution in [1.82, 2.24) is 27.9 Å². The molecule has 12 atom stereocenters. The second kappa shape index (κ2) is 28.6. The normalized spacial score (nSPS) is 31.6. The number of nitrogens with one attached hydrogen (secondary N) is 2. The van der Waals surface area contributed by atoms with E-state index in [9.17, 15) is 36.0 Å². The van der Waals surface area contributed by atoms with E-state index in [1.807, 2.05) is 33.7 Å². The standard InChI is InChI=1S/2C37H48ClFN4O6S/c2*1-41(2)50(46,47)40-35(45)37(39)20-34(44)42(3)15-12-24-13-16-48-33(17-24)29-9-6-26(29)21-43-22-36(23-49-32-11-7-27(37)19-31(32)43)14-4-5-25-18-28(38)8-10-30(25)36/h2*7-8,10-11,18-19,24,26,29,33H,4-6,9,12-17,20-23H2,1-3H3,(H,40,45)/t24-,26-,29+,33-,36-,37+;24-,26-,29+,33-,36-,37-/m00/s1. The summed E-state index contributed by atoms with van der Waals surface area (Å²) in [6.45, 7) is 5.60. The van der Waals surface area contributed by atoms with Crippen LogP contribution in [0, 0.1) is 35.5 Å². The van der Waals surface area contributed by atoms with Crippen LogP contribution >= 0.6 is 23.2 Å². The topological polar surface area (TPSA) is 217 Å². The molecule has 2 N–H and O–H groups in total. The van der Waals surface area contributed by atoms with Gasteiger partial charge in [0.2, 0.25) is 23.2 Å². The Kier molecular flexibility index (Phi) is 20.8. The van der Waals surface area contributed by atoms with E-state index in [1.54, 1.807) is 38.4 Å². The van der Waals surface area contributed by atoms with Gasteiger partial charge < -0.3 is 38.5 Å². The molecule has 26 heteroatoms. The Bertz CT molecular complexity index is 3770. The highest BCUT2D eigenvalue weighted by molar-refractivity contribution is 7.88. The molecule has 544 valence electrons. The second-order valence-corrected chi connectivity index (χ2v) is 35.4. The molecule has 20 nitrogen and oxygen atoms in total. The lowest BCUT2D eigenvalue weighted by atomic mass is 9.67. The number of rotatable bonds is 6. The molecule has 2 spiro atoms. The molecule has 6 heterocycles. The number of fused-ring (bicyclic) bond motifs is 14.